The minimum Gasteiger partial charge on any atom is -0.477 e. The first-order chi connectivity index (χ1) is 13.4. The van der Waals surface area contributed by atoms with Gasteiger partial charge in [0.1, 0.15) is 0 Å². The van der Waals surface area contributed by atoms with Crippen LogP contribution >= 0.6 is 11.6 Å². The monoisotopic (exact) mass is 406 g/mol. The molecule has 0 unspecified atom stereocenters. The number of aromatic carboxylic acids is 1. The first kappa shape index (κ1) is 19.2. The lowest BCUT2D eigenvalue weighted by atomic mass is 10.1. The van der Waals surface area contributed by atoms with Gasteiger partial charge >= 0.3 is 5.97 Å². The number of anilines is 1. The van der Waals surface area contributed by atoms with E-state index in [9.17, 15) is 15.0 Å². The van der Waals surface area contributed by atoms with Crippen LogP contribution in [0.4, 0.5) is 5.82 Å². The molecule has 0 bridgehead atoms. The van der Waals surface area contributed by atoms with Gasteiger partial charge < -0.3 is 24.5 Å². The first-order valence-electron chi connectivity index (χ1n) is 9.28. The Hall–Kier alpha value is -2.13. The molecule has 2 aliphatic heterocycles. The van der Waals surface area contributed by atoms with E-state index in [0.717, 1.165) is 26.2 Å². The normalized spacial score (nSPS) is 24.0. The number of β-amino-alcohol motifs (C(OH)–C–C–N with tert-alkyl or cyclic N) is 1. The van der Waals surface area contributed by atoms with Gasteiger partial charge in [-0.05, 0) is 31.3 Å². The van der Waals surface area contributed by atoms with Crippen LogP contribution in [0.15, 0.2) is 28.8 Å². The molecule has 150 valence electrons. The molecule has 3 heterocycles. The van der Waals surface area contributed by atoms with E-state index in [0.29, 0.717) is 23.7 Å². The maximum Gasteiger partial charge on any atom is 0.343 e. The molecule has 9 heteroatoms. The molecule has 1 aromatic carbocycles. The second-order valence-corrected chi connectivity index (χ2v) is 7.84. The minimum atomic E-state index is -1.11. The number of hydrogen-bond acceptors (Lipinski definition) is 7. The van der Waals surface area contributed by atoms with Gasteiger partial charge in [-0.25, -0.2) is 4.79 Å². The number of aromatic nitrogens is 1. The van der Waals surface area contributed by atoms with E-state index in [1.807, 2.05) is 0 Å². The zero-order valence-electron chi connectivity index (χ0n) is 15.6. The van der Waals surface area contributed by atoms with Crippen LogP contribution in [0.1, 0.15) is 10.4 Å². The van der Waals surface area contributed by atoms with E-state index in [4.69, 9.17) is 16.1 Å². The Morgan fingerprint density at radius 2 is 1.86 bits per heavy atom. The molecule has 2 aromatic rings. The molecule has 4 rings (SSSR count). The van der Waals surface area contributed by atoms with Crippen molar-refractivity contribution in [2.24, 2.45) is 0 Å². The van der Waals surface area contributed by atoms with Crippen LogP contribution in [0.25, 0.3) is 11.3 Å². The third-order valence-corrected chi connectivity index (χ3v) is 5.81. The van der Waals surface area contributed by atoms with Crippen LogP contribution in [0, 0.1) is 0 Å². The predicted molar refractivity (Wildman–Crippen MR) is 105 cm³/mol. The molecule has 0 radical (unpaired) electrons. The number of piperazine rings is 1. The lowest BCUT2D eigenvalue weighted by Gasteiger charge is -2.37. The number of carboxylic acid groups (broad SMARTS) is 1. The lowest BCUT2D eigenvalue weighted by molar-refractivity contribution is 0.0512. The molecule has 0 aliphatic carbocycles. The largest absolute Gasteiger partial charge is 0.477 e. The van der Waals surface area contributed by atoms with E-state index < -0.39 is 12.1 Å². The van der Waals surface area contributed by atoms with Crippen LogP contribution in [-0.4, -0.2) is 89.6 Å². The Labute approximate surface area is 167 Å². The molecular weight excluding hydrogens is 384 g/mol. The Morgan fingerprint density at radius 3 is 2.50 bits per heavy atom. The fraction of sp³-hybridized carbons (Fsp3) is 0.474. The van der Waals surface area contributed by atoms with Crippen molar-refractivity contribution in [1.29, 1.82) is 0 Å². The summed E-state index contributed by atoms with van der Waals surface area (Å²) in [5.41, 5.74) is 0.601. The van der Waals surface area contributed by atoms with Crippen molar-refractivity contribution in [2.45, 2.75) is 12.1 Å². The third kappa shape index (κ3) is 3.60. The van der Waals surface area contributed by atoms with Gasteiger partial charge in [0.2, 0.25) is 0 Å². The van der Waals surface area contributed by atoms with Crippen LogP contribution in [0.3, 0.4) is 0 Å². The molecule has 2 saturated heterocycles. The quantitative estimate of drug-likeness (QED) is 0.788. The SMILES string of the molecule is CN1CCN([C@H]2CN(c3noc(-c4ccc(Cl)cc4)c3C(=O)O)C[C@@H]2O)CC1. The average Bonchev–Trinajstić information content (AvgIpc) is 3.27. The molecule has 8 nitrogen and oxygen atoms in total. The summed E-state index contributed by atoms with van der Waals surface area (Å²) in [6.07, 6.45) is -0.569. The van der Waals surface area contributed by atoms with E-state index >= 15 is 0 Å². The number of benzene rings is 1. The maximum atomic E-state index is 12.0. The Balaban J connectivity index is 1.59. The van der Waals surface area contributed by atoms with Crippen molar-refractivity contribution in [3.05, 3.63) is 34.9 Å². The predicted octanol–water partition coefficient (Wildman–Crippen LogP) is 1.49. The number of rotatable bonds is 4. The summed E-state index contributed by atoms with van der Waals surface area (Å²) in [5, 5.41) is 25.0. The Bertz CT molecular complexity index is 848. The topological polar surface area (TPSA) is 93.3 Å². The van der Waals surface area contributed by atoms with Crippen molar-refractivity contribution in [3.8, 4) is 11.3 Å². The van der Waals surface area contributed by atoms with Gasteiger partial charge in [0.15, 0.2) is 17.1 Å². The first-order valence-corrected chi connectivity index (χ1v) is 9.66. The number of carboxylic acids is 1. The molecule has 28 heavy (non-hydrogen) atoms. The number of carbonyl (C=O) groups is 1. The van der Waals surface area contributed by atoms with Crippen molar-refractivity contribution < 1.29 is 19.5 Å². The highest BCUT2D eigenvalue weighted by atomic mass is 35.5. The number of halogens is 1. The second-order valence-electron chi connectivity index (χ2n) is 7.40. The van der Waals surface area contributed by atoms with Crippen LogP contribution in [0.5, 0.6) is 0 Å². The highest BCUT2D eigenvalue weighted by Crippen LogP contribution is 2.34. The smallest absolute Gasteiger partial charge is 0.343 e. The lowest BCUT2D eigenvalue weighted by Crippen LogP contribution is -2.52. The average molecular weight is 407 g/mol. The van der Waals surface area contributed by atoms with Crippen molar-refractivity contribution in [2.75, 3.05) is 51.2 Å². The standard InChI is InChI=1S/C19H23ClN4O4/c1-22-6-8-23(9-7-22)14-10-24(11-15(14)25)18-16(19(26)27)17(28-21-18)12-2-4-13(20)5-3-12/h2-5,14-15,25H,6-11H2,1H3,(H,26,27)/t14-,15-/m0/s1. The van der Waals surface area contributed by atoms with Crippen LogP contribution < -0.4 is 4.90 Å². The van der Waals surface area contributed by atoms with Gasteiger partial charge in [-0.1, -0.05) is 16.8 Å². The van der Waals surface area contributed by atoms with Gasteiger partial charge in [-0.15, -0.1) is 0 Å². The van der Waals surface area contributed by atoms with Crippen molar-refractivity contribution in [3.63, 3.8) is 0 Å². The molecule has 0 spiro atoms. The summed E-state index contributed by atoms with van der Waals surface area (Å²) >= 11 is 5.92. The number of aliphatic hydroxyl groups is 1. The van der Waals surface area contributed by atoms with Gasteiger partial charge in [0.05, 0.1) is 12.1 Å². The van der Waals surface area contributed by atoms with E-state index in [2.05, 4.69) is 22.0 Å². The summed E-state index contributed by atoms with van der Waals surface area (Å²) in [6.45, 7) is 4.50. The second kappa shape index (κ2) is 7.71. The zero-order chi connectivity index (χ0) is 19.8. The third-order valence-electron chi connectivity index (χ3n) is 5.56. The molecule has 2 fully saturated rings. The van der Waals surface area contributed by atoms with E-state index in [1.54, 1.807) is 29.2 Å². The molecule has 2 N–H and O–H groups in total. The van der Waals surface area contributed by atoms with E-state index in [1.165, 1.54) is 0 Å². The molecule has 2 aliphatic rings. The molecule has 0 saturated carbocycles. The van der Waals surface area contributed by atoms with Crippen LogP contribution in [0.2, 0.25) is 5.02 Å². The molecular formula is C19H23ClN4O4. The summed E-state index contributed by atoms with van der Waals surface area (Å²) < 4.78 is 5.41. The van der Waals surface area contributed by atoms with E-state index in [-0.39, 0.29) is 23.2 Å². The Kier molecular flexibility index (Phi) is 5.29. The Morgan fingerprint density at radius 1 is 1.18 bits per heavy atom. The van der Waals surface area contributed by atoms with Gasteiger partial charge in [-0.3, -0.25) is 4.90 Å². The molecule has 0 amide bonds. The molecule has 2 atom stereocenters. The summed E-state index contributed by atoms with van der Waals surface area (Å²) in [5.74, 6) is -0.663. The highest BCUT2D eigenvalue weighted by molar-refractivity contribution is 6.30. The van der Waals surface area contributed by atoms with Gasteiger partial charge in [0.25, 0.3) is 0 Å². The number of hydrogen-bond donors (Lipinski definition) is 2. The van der Waals surface area contributed by atoms with Crippen molar-refractivity contribution in [1.82, 2.24) is 15.0 Å². The highest BCUT2D eigenvalue weighted by Gasteiger charge is 2.39. The zero-order valence-corrected chi connectivity index (χ0v) is 16.3. The minimum absolute atomic E-state index is 0.00792. The summed E-state index contributed by atoms with van der Waals surface area (Å²) in [6, 6.07) is 6.70. The van der Waals surface area contributed by atoms with Gasteiger partial charge in [-0.2, -0.15) is 0 Å². The molecule has 1 aromatic heterocycles. The number of nitrogens with zero attached hydrogens (tertiary/aromatic N) is 4. The fourth-order valence-corrected chi connectivity index (χ4v) is 4.07. The maximum absolute atomic E-state index is 12.0. The van der Waals surface area contributed by atoms with Crippen LogP contribution in [-0.2, 0) is 0 Å². The summed E-state index contributed by atoms with van der Waals surface area (Å²) in [4.78, 5) is 18.3. The summed E-state index contributed by atoms with van der Waals surface area (Å²) in [7, 11) is 2.08. The van der Waals surface area contributed by atoms with Gasteiger partial charge in [0, 0.05) is 49.9 Å². The number of aliphatic hydroxyl groups excluding tert-OH is 1. The number of likely N-dealkylation sites (N-methyl/N-ethyl adjacent to an activating group) is 1. The van der Waals surface area contributed by atoms with Crippen molar-refractivity contribution >= 4 is 23.4 Å². The fourth-order valence-electron chi connectivity index (χ4n) is 3.94.